The van der Waals surface area contributed by atoms with E-state index < -0.39 is 20.3 Å². The van der Waals surface area contributed by atoms with E-state index >= 15 is 0 Å². The number of aromatic nitrogens is 2. The number of hydrogen-bond donors (Lipinski definition) is 2. The van der Waals surface area contributed by atoms with Crippen LogP contribution in [0.25, 0.3) is 0 Å². The Morgan fingerprint density at radius 1 is 1.13 bits per heavy atom. The van der Waals surface area contributed by atoms with Crippen LogP contribution < -0.4 is 10.9 Å². The van der Waals surface area contributed by atoms with Crippen molar-refractivity contribution in [2.45, 2.75) is 28.8 Å². The van der Waals surface area contributed by atoms with E-state index in [-0.39, 0.29) is 21.7 Å². The second-order valence-corrected chi connectivity index (χ2v) is 10.3. The van der Waals surface area contributed by atoms with E-state index in [0.717, 1.165) is 33.6 Å². The number of thioether (sulfide) groups is 1. The molecular formula is C20H18BrN3O4S2. The molecule has 1 amide bonds. The Hall–Kier alpha value is -2.43. The summed E-state index contributed by atoms with van der Waals surface area (Å²) < 4.78 is 26.0. The zero-order chi connectivity index (χ0) is 21.9. The molecule has 3 rings (SSSR count). The van der Waals surface area contributed by atoms with Crippen LogP contribution in [0.1, 0.15) is 11.1 Å². The number of benzene rings is 2. The van der Waals surface area contributed by atoms with Gasteiger partial charge in [-0.2, -0.15) is 0 Å². The molecule has 2 N–H and O–H groups in total. The number of halogens is 1. The van der Waals surface area contributed by atoms with E-state index in [1.807, 2.05) is 32.0 Å². The van der Waals surface area contributed by atoms with Gasteiger partial charge in [-0.3, -0.25) is 9.59 Å². The summed E-state index contributed by atoms with van der Waals surface area (Å²) >= 11 is 4.24. The van der Waals surface area contributed by atoms with E-state index in [1.54, 1.807) is 12.1 Å². The van der Waals surface area contributed by atoms with Crippen molar-refractivity contribution in [2.75, 3.05) is 11.1 Å². The minimum absolute atomic E-state index is 0.00817. The Morgan fingerprint density at radius 2 is 1.83 bits per heavy atom. The first-order chi connectivity index (χ1) is 14.2. The number of hydrogen-bond acceptors (Lipinski definition) is 6. The number of amides is 1. The van der Waals surface area contributed by atoms with Crippen LogP contribution in [0.5, 0.6) is 0 Å². The molecule has 0 aliphatic rings. The van der Waals surface area contributed by atoms with Gasteiger partial charge in [-0.1, -0.05) is 33.8 Å². The molecule has 30 heavy (non-hydrogen) atoms. The predicted molar refractivity (Wildman–Crippen MR) is 120 cm³/mol. The Labute approximate surface area is 186 Å². The Balaban J connectivity index is 1.69. The maximum atomic E-state index is 12.7. The summed E-state index contributed by atoms with van der Waals surface area (Å²) in [7, 11) is -4.00. The summed E-state index contributed by atoms with van der Waals surface area (Å²) in [6.07, 6.45) is 1.01. The molecule has 156 valence electrons. The molecule has 10 heteroatoms. The molecule has 0 radical (unpaired) electrons. The number of rotatable bonds is 6. The number of aromatic amines is 1. The standard InChI is InChI=1S/C20H18BrN3O4S2/c1-12-3-6-15(9-13(12)2)23-18(25)11-29-20-22-10-17(19(26)24-20)30(27,28)16-7-4-14(21)5-8-16/h3-10H,11H2,1-2H3,(H,23,25)(H,22,24,26). The maximum Gasteiger partial charge on any atom is 0.270 e. The first-order valence-corrected chi connectivity index (χ1v) is 12.0. The fraction of sp³-hybridized carbons (Fsp3) is 0.150. The van der Waals surface area contributed by atoms with Gasteiger partial charge in [0.15, 0.2) is 10.1 Å². The Morgan fingerprint density at radius 3 is 2.47 bits per heavy atom. The van der Waals surface area contributed by atoms with E-state index in [9.17, 15) is 18.0 Å². The molecule has 7 nitrogen and oxygen atoms in total. The van der Waals surface area contributed by atoms with Crippen LogP contribution in [0.2, 0.25) is 0 Å². The first-order valence-electron chi connectivity index (χ1n) is 8.77. The number of nitrogens with one attached hydrogen (secondary N) is 2. The van der Waals surface area contributed by atoms with Gasteiger partial charge in [0.1, 0.15) is 0 Å². The molecule has 0 saturated heterocycles. The average Bonchev–Trinajstić information content (AvgIpc) is 2.69. The topological polar surface area (TPSA) is 109 Å². The van der Waals surface area contributed by atoms with Crippen LogP contribution in [0, 0.1) is 13.8 Å². The molecule has 0 atom stereocenters. The van der Waals surface area contributed by atoms with Crippen molar-refractivity contribution in [3.05, 3.63) is 74.6 Å². The number of anilines is 1. The summed E-state index contributed by atoms with van der Waals surface area (Å²) in [5, 5.41) is 2.93. The van der Waals surface area contributed by atoms with Crippen molar-refractivity contribution < 1.29 is 13.2 Å². The minimum atomic E-state index is -4.00. The zero-order valence-corrected chi connectivity index (χ0v) is 19.3. The van der Waals surface area contributed by atoms with Gasteiger partial charge in [0.25, 0.3) is 5.56 Å². The minimum Gasteiger partial charge on any atom is -0.325 e. The predicted octanol–water partition coefficient (Wildman–Crippen LogP) is 3.71. The van der Waals surface area contributed by atoms with Crippen molar-refractivity contribution in [3.63, 3.8) is 0 Å². The number of aryl methyl sites for hydroxylation is 2. The number of sulfone groups is 1. The SMILES string of the molecule is Cc1ccc(NC(=O)CSc2ncc(S(=O)(=O)c3ccc(Br)cc3)c(=O)[nH]2)cc1C. The molecule has 1 aromatic heterocycles. The highest BCUT2D eigenvalue weighted by Gasteiger charge is 2.22. The van der Waals surface area contributed by atoms with Gasteiger partial charge >= 0.3 is 0 Å². The number of H-pyrrole nitrogens is 1. The number of carbonyl (C=O) groups excluding carboxylic acids is 1. The highest BCUT2D eigenvalue weighted by Crippen LogP contribution is 2.21. The summed E-state index contributed by atoms with van der Waals surface area (Å²) in [6, 6.07) is 11.6. The van der Waals surface area contributed by atoms with Crippen LogP contribution in [-0.4, -0.2) is 30.0 Å². The molecule has 2 aromatic carbocycles. The zero-order valence-electron chi connectivity index (χ0n) is 16.1. The van der Waals surface area contributed by atoms with Crippen LogP contribution in [0.3, 0.4) is 0 Å². The largest absolute Gasteiger partial charge is 0.325 e. The van der Waals surface area contributed by atoms with Gasteiger partial charge in [-0.15, -0.1) is 0 Å². The van der Waals surface area contributed by atoms with Gasteiger partial charge in [0.05, 0.1) is 16.8 Å². The number of nitrogens with zero attached hydrogens (tertiary/aromatic N) is 1. The molecule has 0 bridgehead atoms. The van der Waals surface area contributed by atoms with Crippen molar-refractivity contribution in [2.24, 2.45) is 0 Å². The van der Waals surface area contributed by atoms with Gasteiger partial charge in [0.2, 0.25) is 15.7 Å². The van der Waals surface area contributed by atoms with E-state index in [1.165, 1.54) is 12.1 Å². The fourth-order valence-electron chi connectivity index (χ4n) is 2.52. The quantitative estimate of drug-likeness (QED) is 0.388. The van der Waals surface area contributed by atoms with Crippen molar-refractivity contribution >= 4 is 49.1 Å². The lowest BCUT2D eigenvalue weighted by atomic mass is 10.1. The smallest absolute Gasteiger partial charge is 0.270 e. The van der Waals surface area contributed by atoms with Crippen LogP contribution in [0.4, 0.5) is 5.69 Å². The van der Waals surface area contributed by atoms with E-state index in [0.29, 0.717) is 5.69 Å². The van der Waals surface area contributed by atoms with E-state index in [2.05, 4.69) is 31.2 Å². The fourth-order valence-corrected chi connectivity index (χ4v) is 4.65. The monoisotopic (exact) mass is 507 g/mol. The highest BCUT2D eigenvalue weighted by molar-refractivity contribution is 9.10. The first kappa shape index (κ1) is 22.3. The lowest BCUT2D eigenvalue weighted by molar-refractivity contribution is -0.113. The average molecular weight is 508 g/mol. The lowest BCUT2D eigenvalue weighted by Gasteiger charge is -2.08. The summed E-state index contributed by atoms with van der Waals surface area (Å²) in [5.41, 5.74) is 2.09. The second kappa shape index (κ2) is 9.15. The van der Waals surface area contributed by atoms with Gasteiger partial charge in [-0.05, 0) is 61.4 Å². The highest BCUT2D eigenvalue weighted by atomic mass is 79.9. The number of carbonyl (C=O) groups is 1. The normalized spacial score (nSPS) is 11.3. The summed E-state index contributed by atoms with van der Waals surface area (Å²) in [5.74, 6) is -0.258. The summed E-state index contributed by atoms with van der Waals surface area (Å²) in [6.45, 7) is 3.94. The molecule has 3 aromatic rings. The third-order valence-electron chi connectivity index (χ3n) is 4.29. The van der Waals surface area contributed by atoms with Crippen molar-refractivity contribution in [1.82, 2.24) is 9.97 Å². The molecule has 1 heterocycles. The third-order valence-corrected chi connectivity index (χ3v) is 7.47. The molecule has 0 spiro atoms. The molecule has 0 aliphatic heterocycles. The molecule has 0 aliphatic carbocycles. The van der Waals surface area contributed by atoms with Crippen molar-refractivity contribution in [3.8, 4) is 0 Å². The molecule has 0 unspecified atom stereocenters. The van der Waals surface area contributed by atoms with Gasteiger partial charge in [-0.25, -0.2) is 13.4 Å². The van der Waals surface area contributed by atoms with Crippen molar-refractivity contribution in [1.29, 1.82) is 0 Å². The Kier molecular flexibility index (Phi) is 6.79. The third kappa shape index (κ3) is 5.18. The van der Waals surface area contributed by atoms with Gasteiger partial charge < -0.3 is 10.3 Å². The van der Waals surface area contributed by atoms with Crippen LogP contribution in [-0.2, 0) is 14.6 Å². The lowest BCUT2D eigenvalue weighted by Crippen LogP contribution is -2.20. The van der Waals surface area contributed by atoms with Gasteiger partial charge in [0, 0.05) is 10.2 Å². The Bertz CT molecular complexity index is 1260. The molecule has 0 saturated carbocycles. The van der Waals surface area contributed by atoms with E-state index in [4.69, 9.17) is 0 Å². The molecular weight excluding hydrogens is 490 g/mol. The van der Waals surface area contributed by atoms with Crippen LogP contribution >= 0.6 is 27.7 Å². The van der Waals surface area contributed by atoms with Crippen LogP contribution in [0.15, 0.2) is 72.9 Å². The second-order valence-electron chi connectivity index (χ2n) is 6.47. The maximum absolute atomic E-state index is 12.7. The molecule has 0 fully saturated rings. The summed E-state index contributed by atoms with van der Waals surface area (Å²) in [4.78, 5) is 30.4.